The predicted molar refractivity (Wildman–Crippen MR) is 119 cm³/mol. The van der Waals surface area contributed by atoms with E-state index in [1.807, 2.05) is 51.1 Å². The lowest BCUT2D eigenvalue weighted by Crippen LogP contribution is -2.54. The van der Waals surface area contributed by atoms with Gasteiger partial charge in [-0.3, -0.25) is 9.59 Å². The first-order valence-electron chi connectivity index (χ1n) is 9.70. The van der Waals surface area contributed by atoms with Crippen molar-refractivity contribution in [2.45, 2.75) is 58.7 Å². The molecule has 29 heavy (non-hydrogen) atoms. The van der Waals surface area contributed by atoms with Crippen molar-refractivity contribution in [2.75, 3.05) is 0 Å². The first-order valence-corrected chi connectivity index (χ1v) is 10.5. The molecule has 2 amide bonds. The molecule has 0 aliphatic carbocycles. The zero-order chi connectivity index (χ0) is 21.6. The summed E-state index contributed by atoms with van der Waals surface area (Å²) in [6.07, 6.45) is 0.707. The van der Waals surface area contributed by atoms with Crippen molar-refractivity contribution in [3.05, 3.63) is 69.7 Å². The van der Waals surface area contributed by atoms with Gasteiger partial charge in [0.1, 0.15) is 6.04 Å². The molecule has 0 aromatic heterocycles. The third kappa shape index (κ3) is 7.06. The van der Waals surface area contributed by atoms with E-state index in [2.05, 4.69) is 5.32 Å². The summed E-state index contributed by atoms with van der Waals surface area (Å²) in [5, 5.41) is 4.02. The van der Waals surface area contributed by atoms with Gasteiger partial charge in [-0.2, -0.15) is 0 Å². The zero-order valence-corrected chi connectivity index (χ0v) is 18.8. The van der Waals surface area contributed by atoms with E-state index < -0.39 is 11.6 Å². The third-order valence-corrected chi connectivity index (χ3v) is 5.01. The molecule has 0 radical (unpaired) electrons. The Morgan fingerprint density at radius 2 is 1.72 bits per heavy atom. The highest BCUT2D eigenvalue weighted by atomic mass is 35.5. The fraction of sp³-hybridized carbons (Fsp3) is 0.391. The van der Waals surface area contributed by atoms with E-state index in [1.165, 1.54) is 0 Å². The maximum Gasteiger partial charge on any atom is 0.243 e. The van der Waals surface area contributed by atoms with Crippen LogP contribution in [0, 0.1) is 0 Å². The number of benzene rings is 2. The van der Waals surface area contributed by atoms with Gasteiger partial charge >= 0.3 is 0 Å². The van der Waals surface area contributed by atoms with E-state index >= 15 is 0 Å². The Labute approximate surface area is 183 Å². The van der Waals surface area contributed by atoms with Crippen LogP contribution in [0.4, 0.5) is 0 Å². The van der Waals surface area contributed by atoms with Gasteiger partial charge in [-0.1, -0.05) is 66.5 Å². The number of rotatable bonds is 7. The SMILES string of the molecule is CCC(=O)N(Cc1ccc(Cl)cc1Cl)[C@H](Cc1ccccc1)C(=O)NC(C)(C)C. The quantitative estimate of drug-likeness (QED) is 0.645. The van der Waals surface area contributed by atoms with Crippen molar-refractivity contribution in [1.29, 1.82) is 0 Å². The average molecular weight is 435 g/mol. The molecule has 2 rings (SSSR count). The topological polar surface area (TPSA) is 49.4 Å². The Morgan fingerprint density at radius 3 is 2.28 bits per heavy atom. The van der Waals surface area contributed by atoms with Crippen LogP contribution in [-0.2, 0) is 22.6 Å². The van der Waals surface area contributed by atoms with Crippen LogP contribution in [0.25, 0.3) is 0 Å². The number of hydrogen-bond donors (Lipinski definition) is 1. The first kappa shape index (κ1) is 23.2. The van der Waals surface area contributed by atoms with Crippen LogP contribution in [0.2, 0.25) is 10.0 Å². The highest BCUT2D eigenvalue weighted by Crippen LogP contribution is 2.24. The highest BCUT2D eigenvalue weighted by Gasteiger charge is 2.31. The highest BCUT2D eigenvalue weighted by molar-refractivity contribution is 6.35. The van der Waals surface area contributed by atoms with Crippen molar-refractivity contribution >= 4 is 35.0 Å². The van der Waals surface area contributed by atoms with E-state index in [-0.39, 0.29) is 18.4 Å². The maximum absolute atomic E-state index is 13.2. The Balaban J connectivity index is 2.41. The lowest BCUT2D eigenvalue weighted by molar-refractivity contribution is -0.141. The molecule has 0 aliphatic heterocycles. The van der Waals surface area contributed by atoms with Crippen molar-refractivity contribution < 1.29 is 9.59 Å². The summed E-state index contributed by atoms with van der Waals surface area (Å²) < 4.78 is 0. The van der Waals surface area contributed by atoms with Crippen LogP contribution in [0.15, 0.2) is 48.5 Å². The fourth-order valence-corrected chi connectivity index (χ4v) is 3.51. The van der Waals surface area contributed by atoms with Crippen molar-refractivity contribution in [1.82, 2.24) is 10.2 Å². The summed E-state index contributed by atoms with van der Waals surface area (Å²) in [6, 6.07) is 14.2. The summed E-state index contributed by atoms with van der Waals surface area (Å²) in [6.45, 7) is 7.79. The number of carbonyl (C=O) groups excluding carboxylic acids is 2. The summed E-state index contributed by atoms with van der Waals surface area (Å²) in [7, 11) is 0. The molecule has 6 heteroatoms. The molecule has 2 aromatic rings. The molecule has 0 saturated heterocycles. The normalized spacial score (nSPS) is 12.3. The molecule has 1 atom stereocenters. The first-order chi connectivity index (χ1) is 13.6. The van der Waals surface area contributed by atoms with E-state index in [4.69, 9.17) is 23.2 Å². The maximum atomic E-state index is 13.2. The minimum Gasteiger partial charge on any atom is -0.350 e. The number of nitrogens with one attached hydrogen (secondary N) is 1. The van der Waals surface area contributed by atoms with Gasteiger partial charge < -0.3 is 10.2 Å². The Kier molecular flexibility index (Phi) is 8.12. The van der Waals surface area contributed by atoms with E-state index in [9.17, 15) is 9.59 Å². The van der Waals surface area contributed by atoms with Crippen molar-refractivity contribution in [3.63, 3.8) is 0 Å². The second-order valence-electron chi connectivity index (χ2n) is 8.06. The van der Waals surface area contributed by atoms with Gasteiger partial charge in [-0.15, -0.1) is 0 Å². The lowest BCUT2D eigenvalue weighted by Gasteiger charge is -2.34. The van der Waals surface area contributed by atoms with Gasteiger partial charge in [0, 0.05) is 35.0 Å². The third-order valence-electron chi connectivity index (χ3n) is 4.43. The summed E-state index contributed by atoms with van der Waals surface area (Å²) in [5.74, 6) is -0.297. The van der Waals surface area contributed by atoms with Crippen molar-refractivity contribution in [3.8, 4) is 0 Å². The molecule has 0 unspecified atom stereocenters. The molecule has 2 aromatic carbocycles. The fourth-order valence-electron chi connectivity index (χ4n) is 3.04. The molecular formula is C23H28Cl2N2O2. The Bertz CT molecular complexity index is 848. The number of amides is 2. The Hall–Kier alpha value is -2.04. The summed E-state index contributed by atoms with van der Waals surface area (Å²) >= 11 is 12.4. The molecule has 4 nitrogen and oxygen atoms in total. The second kappa shape index (κ2) is 10.1. The monoisotopic (exact) mass is 434 g/mol. The van der Waals surface area contributed by atoms with Crippen LogP contribution in [0.1, 0.15) is 45.2 Å². The van der Waals surface area contributed by atoms with Crippen LogP contribution >= 0.6 is 23.2 Å². The van der Waals surface area contributed by atoms with Crippen LogP contribution in [0.5, 0.6) is 0 Å². The molecule has 0 heterocycles. The molecule has 0 fully saturated rings. The average Bonchev–Trinajstić information content (AvgIpc) is 2.65. The number of nitrogens with zero attached hydrogens (tertiary/aromatic N) is 1. The van der Waals surface area contributed by atoms with Crippen LogP contribution in [-0.4, -0.2) is 28.3 Å². The van der Waals surface area contributed by atoms with Crippen LogP contribution < -0.4 is 5.32 Å². The second-order valence-corrected chi connectivity index (χ2v) is 8.90. The number of carbonyl (C=O) groups is 2. The molecule has 0 bridgehead atoms. The summed E-state index contributed by atoms with van der Waals surface area (Å²) in [5.41, 5.74) is 1.32. The molecule has 0 aliphatic rings. The van der Waals surface area contributed by atoms with Gasteiger partial charge in [0.15, 0.2) is 0 Å². The number of halogens is 2. The minimum atomic E-state index is -0.657. The molecule has 0 spiro atoms. The molecular weight excluding hydrogens is 407 g/mol. The van der Waals surface area contributed by atoms with E-state index in [0.29, 0.717) is 22.9 Å². The number of hydrogen-bond acceptors (Lipinski definition) is 2. The molecule has 0 saturated carbocycles. The Morgan fingerprint density at radius 1 is 1.07 bits per heavy atom. The zero-order valence-electron chi connectivity index (χ0n) is 17.3. The van der Waals surface area contributed by atoms with Gasteiger partial charge in [0.05, 0.1) is 0 Å². The van der Waals surface area contributed by atoms with E-state index in [0.717, 1.165) is 11.1 Å². The largest absolute Gasteiger partial charge is 0.350 e. The van der Waals surface area contributed by atoms with Crippen molar-refractivity contribution in [2.24, 2.45) is 0 Å². The predicted octanol–water partition coefficient (Wildman–Crippen LogP) is 5.26. The minimum absolute atomic E-state index is 0.110. The van der Waals surface area contributed by atoms with Gasteiger partial charge in [0.2, 0.25) is 11.8 Å². The van der Waals surface area contributed by atoms with Crippen LogP contribution in [0.3, 0.4) is 0 Å². The van der Waals surface area contributed by atoms with Gasteiger partial charge in [-0.05, 0) is 44.0 Å². The van der Waals surface area contributed by atoms with E-state index in [1.54, 1.807) is 30.0 Å². The molecule has 1 N–H and O–H groups in total. The van der Waals surface area contributed by atoms with Gasteiger partial charge in [0.25, 0.3) is 0 Å². The molecule has 156 valence electrons. The summed E-state index contributed by atoms with van der Waals surface area (Å²) in [4.78, 5) is 27.7. The standard InChI is InChI=1S/C23H28Cl2N2O2/c1-5-21(28)27(15-17-11-12-18(24)14-19(17)25)20(22(29)26-23(2,3)4)13-16-9-7-6-8-10-16/h6-12,14,20H,5,13,15H2,1-4H3,(H,26,29)/t20-/m1/s1. The lowest BCUT2D eigenvalue weighted by atomic mass is 10.0. The van der Waals surface area contributed by atoms with Gasteiger partial charge in [-0.25, -0.2) is 0 Å². The smallest absolute Gasteiger partial charge is 0.243 e.